The number of aliphatic carboxylic acids is 1. The summed E-state index contributed by atoms with van der Waals surface area (Å²) in [6.07, 6.45) is 10.7. The van der Waals surface area contributed by atoms with Crippen molar-refractivity contribution in [1.82, 2.24) is 0 Å². The molecule has 2 N–H and O–H groups in total. The van der Waals surface area contributed by atoms with Crippen molar-refractivity contribution >= 4 is 5.97 Å². The van der Waals surface area contributed by atoms with Crippen molar-refractivity contribution in [2.75, 3.05) is 0 Å². The van der Waals surface area contributed by atoms with Crippen LogP contribution in [0.25, 0.3) is 0 Å². The number of aliphatic hydroxyl groups is 1. The van der Waals surface area contributed by atoms with Gasteiger partial charge in [-0.2, -0.15) is 18.2 Å². The van der Waals surface area contributed by atoms with E-state index < -0.39 is 11.9 Å². The van der Waals surface area contributed by atoms with Crippen LogP contribution in [-0.2, 0) is 21.9 Å². The summed E-state index contributed by atoms with van der Waals surface area (Å²) in [5.74, 6) is -1.18. The molecule has 4 heteroatoms. The third-order valence-electron chi connectivity index (χ3n) is 3.95. The zero-order valence-corrected chi connectivity index (χ0v) is 13.4. The van der Waals surface area contributed by atoms with Crippen LogP contribution in [0.15, 0.2) is 66.0 Å². The van der Waals surface area contributed by atoms with Crippen LogP contribution in [0.5, 0.6) is 0 Å². The van der Waals surface area contributed by atoms with Crippen LogP contribution >= 0.6 is 0 Å². The van der Waals surface area contributed by atoms with Gasteiger partial charge in [-0.05, 0) is 12.8 Å². The van der Waals surface area contributed by atoms with Gasteiger partial charge in [-0.25, -0.2) is 12.1 Å². The van der Waals surface area contributed by atoms with Crippen molar-refractivity contribution in [2.24, 2.45) is 11.8 Å². The van der Waals surface area contributed by atoms with Gasteiger partial charge in [0.1, 0.15) is 5.76 Å². The van der Waals surface area contributed by atoms with E-state index in [2.05, 4.69) is 0 Å². The van der Waals surface area contributed by atoms with Crippen LogP contribution < -0.4 is 0 Å². The van der Waals surface area contributed by atoms with Crippen LogP contribution in [-0.4, -0.2) is 16.2 Å². The van der Waals surface area contributed by atoms with E-state index in [-0.39, 0.29) is 28.7 Å². The first kappa shape index (κ1) is 18.4. The molecule has 1 fully saturated rings. The summed E-state index contributed by atoms with van der Waals surface area (Å²) in [5, 5.41) is 19.2. The molecule has 120 valence electrons. The number of aliphatic hydroxyl groups excluding tert-OH is 1. The number of carbonyl (C=O) groups is 1. The molecular formula is C18H21FeO3-. The second-order valence-corrected chi connectivity index (χ2v) is 5.36. The van der Waals surface area contributed by atoms with E-state index in [0.29, 0.717) is 6.42 Å². The molecule has 3 rings (SSSR count). The van der Waals surface area contributed by atoms with E-state index in [0.717, 1.165) is 24.8 Å². The molecule has 0 aliphatic heterocycles. The molecule has 1 aromatic rings. The number of hydrogen-bond acceptors (Lipinski definition) is 2. The van der Waals surface area contributed by atoms with Crippen molar-refractivity contribution < 1.29 is 32.1 Å². The summed E-state index contributed by atoms with van der Waals surface area (Å²) in [4.78, 5) is 11.1. The molecule has 2 aliphatic carbocycles. The summed E-state index contributed by atoms with van der Waals surface area (Å²) in [7, 11) is 0. The Balaban J connectivity index is 0.000000344. The van der Waals surface area contributed by atoms with Crippen LogP contribution in [0, 0.1) is 11.8 Å². The standard InChI is InChI=1S/C13H16O3.C5H5.Fe/c14-12(9-5-1-2-6-9)10-7-3-4-8-11(10)13(15)16;1-2-4-5-3-1;/h1-2,5-6,10-11,14H,3-4,7-8H2,(H,15,16);1-5H;/q;-1;/t10-,11-;;/m1../s1. The van der Waals surface area contributed by atoms with Gasteiger partial charge in [0.2, 0.25) is 0 Å². The molecule has 2 aliphatic rings. The van der Waals surface area contributed by atoms with E-state index in [1.807, 2.05) is 54.6 Å². The molecule has 0 amide bonds. The third kappa shape index (κ3) is 4.97. The molecule has 0 radical (unpaired) electrons. The summed E-state index contributed by atoms with van der Waals surface area (Å²) in [6.45, 7) is 0. The summed E-state index contributed by atoms with van der Waals surface area (Å²) in [5.41, 5.74) is 0.762. The first-order valence-electron chi connectivity index (χ1n) is 7.37. The summed E-state index contributed by atoms with van der Waals surface area (Å²) in [6, 6.07) is 10.0. The molecule has 22 heavy (non-hydrogen) atoms. The maximum Gasteiger partial charge on any atom is 0.307 e. The maximum absolute atomic E-state index is 11.1. The topological polar surface area (TPSA) is 57.5 Å². The molecule has 0 heterocycles. The number of allylic oxidation sites excluding steroid dienone is 6. The van der Waals surface area contributed by atoms with Gasteiger partial charge in [0, 0.05) is 28.6 Å². The number of carboxylic acids is 1. The molecule has 1 saturated carbocycles. The van der Waals surface area contributed by atoms with Gasteiger partial charge in [-0.15, -0.1) is 0 Å². The average Bonchev–Trinajstić information content (AvgIpc) is 3.21. The van der Waals surface area contributed by atoms with Crippen molar-refractivity contribution in [3.8, 4) is 0 Å². The monoisotopic (exact) mass is 341 g/mol. The summed E-state index contributed by atoms with van der Waals surface area (Å²) < 4.78 is 0. The Morgan fingerprint density at radius 3 is 2.00 bits per heavy atom. The van der Waals surface area contributed by atoms with Gasteiger partial charge in [0.25, 0.3) is 0 Å². The first-order valence-corrected chi connectivity index (χ1v) is 7.37. The molecule has 0 spiro atoms. The minimum atomic E-state index is -0.789. The Labute approximate surface area is 141 Å². The summed E-state index contributed by atoms with van der Waals surface area (Å²) >= 11 is 0. The second kappa shape index (κ2) is 9.39. The predicted molar refractivity (Wildman–Crippen MR) is 83.1 cm³/mol. The Morgan fingerprint density at radius 2 is 1.55 bits per heavy atom. The fraction of sp³-hybridized carbons (Fsp3) is 0.333. The van der Waals surface area contributed by atoms with Gasteiger partial charge in [0.15, 0.2) is 0 Å². The first-order chi connectivity index (χ1) is 10.2. The van der Waals surface area contributed by atoms with Crippen LogP contribution in [0.4, 0.5) is 0 Å². The van der Waals surface area contributed by atoms with Crippen molar-refractivity contribution in [1.29, 1.82) is 0 Å². The molecule has 0 aromatic heterocycles. The largest absolute Gasteiger partial charge is 0.511 e. The fourth-order valence-corrected chi connectivity index (χ4v) is 2.83. The molecule has 1 aromatic carbocycles. The van der Waals surface area contributed by atoms with Gasteiger partial charge in [0.05, 0.1) is 5.92 Å². The van der Waals surface area contributed by atoms with Gasteiger partial charge in [-0.3, -0.25) is 4.79 Å². The quantitative estimate of drug-likeness (QED) is 0.481. The SMILES string of the molecule is O=C(O)[C@@H]1CCCC[C@H]1C(O)=C1C=CC=C1.[Fe].c1cc[cH-]c1. The average molecular weight is 341 g/mol. The number of rotatable bonds is 2. The van der Waals surface area contributed by atoms with Crippen LogP contribution in [0.2, 0.25) is 0 Å². The van der Waals surface area contributed by atoms with Crippen LogP contribution in [0.1, 0.15) is 25.7 Å². The second-order valence-electron chi connectivity index (χ2n) is 5.36. The minimum Gasteiger partial charge on any atom is -0.511 e. The molecule has 0 bridgehead atoms. The van der Waals surface area contributed by atoms with E-state index in [1.165, 1.54) is 0 Å². The van der Waals surface area contributed by atoms with Crippen LogP contribution in [0.3, 0.4) is 0 Å². The zero-order chi connectivity index (χ0) is 15.1. The number of carboxylic acid groups (broad SMARTS) is 1. The van der Waals surface area contributed by atoms with E-state index >= 15 is 0 Å². The van der Waals surface area contributed by atoms with Crippen molar-refractivity contribution in [3.05, 3.63) is 66.0 Å². The Morgan fingerprint density at radius 1 is 1.00 bits per heavy atom. The van der Waals surface area contributed by atoms with E-state index in [1.54, 1.807) is 0 Å². The number of hydrogen-bond donors (Lipinski definition) is 2. The molecule has 0 saturated heterocycles. The Kier molecular flexibility index (Phi) is 7.86. The van der Waals surface area contributed by atoms with Gasteiger partial charge >= 0.3 is 5.97 Å². The fourth-order valence-electron chi connectivity index (χ4n) is 2.83. The van der Waals surface area contributed by atoms with Gasteiger partial charge in [-0.1, -0.05) is 37.1 Å². The van der Waals surface area contributed by atoms with E-state index in [4.69, 9.17) is 5.11 Å². The zero-order valence-electron chi connectivity index (χ0n) is 12.3. The third-order valence-corrected chi connectivity index (χ3v) is 3.95. The molecular weight excluding hydrogens is 320 g/mol. The van der Waals surface area contributed by atoms with E-state index in [9.17, 15) is 9.90 Å². The smallest absolute Gasteiger partial charge is 0.307 e. The molecule has 2 atom stereocenters. The van der Waals surface area contributed by atoms with Crippen molar-refractivity contribution in [3.63, 3.8) is 0 Å². The predicted octanol–water partition coefficient (Wildman–Crippen LogP) is 4.22. The minimum absolute atomic E-state index is 0. The van der Waals surface area contributed by atoms with Gasteiger partial charge < -0.3 is 10.2 Å². The Bertz CT molecular complexity index is 509. The normalized spacial score (nSPS) is 22.5. The molecule has 3 nitrogen and oxygen atoms in total. The maximum atomic E-state index is 11.1. The Hall–Kier alpha value is -1.64. The molecule has 0 unspecified atom stereocenters. The van der Waals surface area contributed by atoms with Crippen molar-refractivity contribution in [2.45, 2.75) is 25.7 Å².